The summed E-state index contributed by atoms with van der Waals surface area (Å²) in [5.74, 6) is 0. The number of benzene rings is 2. The maximum Gasteiger partial charge on any atom is 0.113 e. The van der Waals surface area contributed by atoms with Gasteiger partial charge in [0.1, 0.15) is 11.0 Å². The number of fused-ring (bicyclic) bond motifs is 1. The van der Waals surface area contributed by atoms with Gasteiger partial charge in [-0.05, 0) is 42.7 Å². The van der Waals surface area contributed by atoms with Crippen LogP contribution in [0.4, 0.5) is 0 Å². The largest absolute Gasteiger partial charge is 0.150 e. The zero-order valence-electron chi connectivity index (χ0n) is 11.1. The maximum atomic E-state index is 4.48. The minimum atomic E-state index is 0.928. The molecule has 2 aromatic carbocycles. The lowest BCUT2D eigenvalue weighted by molar-refractivity contribution is 0.762. The molecule has 19 heavy (non-hydrogen) atoms. The van der Waals surface area contributed by atoms with E-state index in [1.165, 1.54) is 18.4 Å². The van der Waals surface area contributed by atoms with Crippen LogP contribution in [0.15, 0.2) is 48.5 Å². The Balaban J connectivity index is 1.88. The van der Waals surface area contributed by atoms with Crippen molar-refractivity contribution in [3.8, 4) is 5.69 Å². The van der Waals surface area contributed by atoms with Crippen molar-refractivity contribution in [2.45, 2.75) is 26.2 Å². The first-order valence-electron chi connectivity index (χ1n) is 6.78. The molecule has 0 radical (unpaired) electrons. The molecule has 0 aliphatic rings. The smallest absolute Gasteiger partial charge is 0.113 e. The molecule has 0 aliphatic heterocycles. The molecule has 3 aromatic rings. The van der Waals surface area contributed by atoms with Gasteiger partial charge in [-0.2, -0.15) is 4.80 Å². The van der Waals surface area contributed by atoms with Gasteiger partial charge < -0.3 is 0 Å². The van der Waals surface area contributed by atoms with E-state index in [0.29, 0.717) is 0 Å². The van der Waals surface area contributed by atoms with Crippen LogP contribution >= 0.6 is 0 Å². The second-order valence-electron chi connectivity index (χ2n) is 4.75. The maximum absolute atomic E-state index is 4.48. The molecule has 0 amide bonds. The van der Waals surface area contributed by atoms with Crippen LogP contribution in [0.3, 0.4) is 0 Å². The molecule has 96 valence electrons. The third-order valence-electron chi connectivity index (χ3n) is 3.27. The number of hydrogen-bond acceptors (Lipinski definition) is 2. The molecule has 0 fully saturated rings. The van der Waals surface area contributed by atoms with Gasteiger partial charge in [-0.1, -0.05) is 37.6 Å². The summed E-state index contributed by atoms with van der Waals surface area (Å²) >= 11 is 0. The van der Waals surface area contributed by atoms with Crippen molar-refractivity contribution < 1.29 is 0 Å². The van der Waals surface area contributed by atoms with Crippen LogP contribution in [0.2, 0.25) is 0 Å². The Bertz CT molecular complexity index is 635. The van der Waals surface area contributed by atoms with Crippen molar-refractivity contribution in [2.75, 3.05) is 0 Å². The molecule has 0 bridgehead atoms. The van der Waals surface area contributed by atoms with E-state index >= 15 is 0 Å². The highest BCUT2D eigenvalue weighted by Gasteiger charge is 2.03. The van der Waals surface area contributed by atoms with E-state index in [2.05, 4.69) is 41.4 Å². The molecule has 0 saturated carbocycles. The molecule has 0 atom stereocenters. The Labute approximate surface area is 112 Å². The van der Waals surface area contributed by atoms with Gasteiger partial charge >= 0.3 is 0 Å². The lowest BCUT2D eigenvalue weighted by Gasteiger charge is -2.02. The van der Waals surface area contributed by atoms with Gasteiger partial charge in [0, 0.05) is 0 Å². The third-order valence-corrected chi connectivity index (χ3v) is 3.27. The summed E-state index contributed by atoms with van der Waals surface area (Å²) in [6.45, 7) is 2.22. The predicted octanol–water partition coefficient (Wildman–Crippen LogP) is 3.76. The number of unbranched alkanes of at least 4 members (excludes halogenated alkanes) is 1. The zero-order valence-corrected chi connectivity index (χ0v) is 11.1. The van der Waals surface area contributed by atoms with Crippen LogP contribution in [-0.2, 0) is 6.42 Å². The average molecular weight is 251 g/mol. The minimum absolute atomic E-state index is 0.928. The fourth-order valence-electron chi connectivity index (χ4n) is 2.15. The molecular formula is C16H17N3. The van der Waals surface area contributed by atoms with Gasteiger partial charge in [-0.15, -0.1) is 10.2 Å². The standard InChI is InChI=1S/C16H17N3/c1-2-3-6-13-9-11-14(12-10-13)19-17-15-7-4-5-8-16(15)18-19/h4-5,7-12H,2-3,6H2,1H3. The summed E-state index contributed by atoms with van der Waals surface area (Å²) in [7, 11) is 0. The van der Waals surface area contributed by atoms with E-state index in [-0.39, 0.29) is 0 Å². The second kappa shape index (κ2) is 5.22. The topological polar surface area (TPSA) is 30.7 Å². The number of nitrogens with zero attached hydrogens (tertiary/aromatic N) is 3. The van der Waals surface area contributed by atoms with E-state index in [1.54, 1.807) is 4.80 Å². The molecule has 1 aromatic heterocycles. The highest BCUT2D eigenvalue weighted by Crippen LogP contribution is 2.13. The quantitative estimate of drug-likeness (QED) is 0.706. The number of hydrogen-bond donors (Lipinski definition) is 0. The van der Waals surface area contributed by atoms with Crippen molar-refractivity contribution in [1.29, 1.82) is 0 Å². The van der Waals surface area contributed by atoms with Crippen LogP contribution in [-0.4, -0.2) is 15.0 Å². The van der Waals surface area contributed by atoms with Crippen molar-refractivity contribution in [3.63, 3.8) is 0 Å². The molecular weight excluding hydrogens is 234 g/mol. The predicted molar refractivity (Wildman–Crippen MR) is 77.5 cm³/mol. The fraction of sp³-hybridized carbons (Fsp3) is 0.250. The van der Waals surface area contributed by atoms with Gasteiger partial charge in [-0.3, -0.25) is 0 Å². The van der Waals surface area contributed by atoms with Crippen molar-refractivity contribution in [2.24, 2.45) is 0 Å². The Morgan fingerprint density at radius 2 is 1.53 bits per heavy atom. The summed E-state index contributed by atoms with van der Waals surface area (Å²) in [5, 5.41) is 8.96. The molecule has 1 heterocycles. The van der Waals surface area contributed by atoms with Crippen molar-refractivity contribution >= 4 is 11.0 Å². The monoisotopic (exact) mass is 251 g/mol. The Morgan fingerprint density at radius 3 is 2.11 bits per heavy atom. The van der Waals surface area contributed by atoms with Gasteiger partial charge in [0.25, 0.3) is 0 Å². The summed E-state index contributed by atoms with van der Waals surface area (Å²) < 4.78 is 0. The van der Waals surface area contributed by atoms with Gasteiger partial charge in [-0.25, -0.2) is 0 Å². The Morgan fingerprint density at radius 1 is 0.895 bits per heavy atom. The molecule has 3 nitrogen and oxygen atoms in total. The second-order valence-corrected chi connectivity index (χ2v) is 4.75. The van der Waals surface area contributed by atoms with Gasteiger partial charge in [0.05, 0.1) is 5.69 Å². The van der Waals surface area contributed by atoms with Crippen molar-refractivity contribution in [3.05, 3.63) is 54.1 Å². The summed E-state index contributed by atoms with van der Waals surface area (Å²) in [4.78, 5) is 1.70. The zero-order chi connectivity index (χ0) is 13.1. The van der Waals surface area contributed by atoms with E-state index in [1.807, 2.05) is 24.3 Å². The van der Waals surface area contributed by atoms with Crippen LogP contribution in [0.5, 0.6) is 0 Å². The summed E-state index contributed by atoms with van der Waals surface area (Å²) in [6, 6.07) is 16.4. The molecule has 0 aliphatic carbocycles. The third kappa shape index (κ3) is 2.50. The molecule has 3 heteroatoms. The fourth-order valence-corrected chi connectivity index (χ4v) is 2.15. The van der Waals surface area contributed by atoms with E-state index in [9.17, 15) is 0 Å². The first kappa shape index (κ1) is 11.9. The molecule has 0 unspecified atom stereocenters. The average Bonchev–Trinajstić information content (AvgIpc) is 2.89. The number of aromatic nitrogens is 3. The minimum Gasteiger partial charge on any atom is -0.150 e. The molecule has 3 rings (SSSR count). The first-order chi connectivity index (χ1) is 9.36. The van der Waals surface area contributed by atoms with E-state index in [4.69, 9.17) is 0 Å². The van der Waals surface area contributed by atoms with Crippen molar-refractivity contribution in [1.82, 2.24) is 15.0 Å². The van der Waals surface area contributed by atoms with E-state index in [0.717, 1.165) is 23.1 Å². The number of aryl methyl sites for hydroxylation is 1. The number of rotatable bonds is 4. The Kier molecular flexibility index (Phi) is 3.27. The van der Waals surface area contributed by atoms with Crippen LogP contribution in [0.25, 0.3) is 16.7 Å². The van der Waals surface area contributed by atoms with Crippen LogP contribution < -0.4 is 0 Å². The highest BCUT2D eigenvalue weighted by molar-refractivity contribution is 5.73. The SMILES string of the molecule is CCCCc1ccc(-n2nc3ccccc3n2)cc1. The first-order valence-corrected chi connectivity index (χ1v) is 6.78. The van der Waals surface area contributed by atoms with E-state index < -0.39 is 0 Å². The normalized spacial score (nSPS) is 11.0. The lowest BCUT2D eigenvalue weighted by atomic mass is 10.1. The molecule has 0 saturated heterocycles. The van der Waals surface area contributed by atoms with Crippen LogP contribution in [0.1, 0.15) is 25.3 Å². The highest BCUT2D eigenvalue weighted by atomic mass is 15.5. The van der Waals surface area contributed by atoms with Gasteiger partial charge in [0.15, 0.2) is 0 Å². The molecule has 0 N–H and O–H groups in total. The van der Waals surface area contributed by atoms with Gasteiger partial charge in [0.2, 0.25) is 0 Å². The lowest BCUT2D eigenvalue weighted by Crippen LogP contribution is -1.98. The Hall–Kier alpha value is -2.16. The summed E-state index contributed by atoms with van der Waals surface area (Å²) in [5.41, 5.74) is 4.24. The van der Waals surface area contributed by atoms with Crippen LogP contribution in [0, 0.1) is 0 Å². The summed E-state index contributed by atoms with van der Waals surface area (Å²) in [6.07, 6.45) is 3.61. The molecule has 0 spiro atoms.